The molecule has 0 bridgehead atoms. The van der Waals surface area contributed by atoms with Crippen LogP contribution in [0.5, 0.6) is 0 Å². The molecule has 2 aromatic rings. The first kappa shape index (κ1) is 13.1. The van der Waals surface area contributed by atoms with E-state index < -0.39 is 10.0 Å². The first-order chi connectivity index (χ1) is 9.47. The minimum atomic E-state index is -3.74. The Balaban J connectivity index is 2.17. The molecule has 0 amide bonds. The van der Waals surface area contributed by atoms with Gasteiger partial charge in [-0.15, -0.1) is 0 Å². The lowest BCUT2D eigenvalue weighted by Crippen LogP contribution is -2.14. The van der Waals surface area contributed by atoms with Crippen LogP contribution in [0.1, 0.15) is 24.2 Å². The standard InChI is InChI=1S/C13H16N4O2S/c14-10-6-5-9(20(15,18)19)7-13(10)17-8-16-11-3-1-2-4-12(11)17/h5-8H,1-4,14H2,(H2,15,18,19). The second kappa shape index (κ2) is 4.60. The van der Waals surface area contributed by atoms with E-state index in [9.17, 15) is 8.42 Å². The highest BCUT2D eigenvalue weighted by Crippen LogP contribution is 2.27. The first-order valence-corrected chi connectivity index (χ1v) is 7.99. The van der Waals surface area contributed by atoms with Crippen LogP contribution in [0.2, 0.25) is 0 Å². The van der Waals surface area contributed by atoms with E-state index in [-0.39, 0.29) is 4.90 Å². The largest absolute Gasteiger partial charge is 0.397 e. The van der Waals surface area contributed by atoms with Crippen LogP contribution in [-0.2, 0) is 22.9 Å². The summed E-state index contributed by atoms with van der Waals surface area (Å²) in [5.41, 5.74) is 9.27. The Morgan fingerprint density at radius 3 is 2.70 bits per heavy atom. The Morgan fingerprint density at radius 2 is 1.95 bits per heavy atom. The quantitative estimate of drug-likeness (QED) is 0.805. The van der Waals surface area contributed by atoms with Crippen molar-refractivity contribution in [3.8, 4) is 5.69 Å². The molecule has 4 N–H and O–H groups in total. The Labute approximate surface area is 117 Å². The van der Waals surface area contributed by atoms with E-state index in [1.165, 1.54) is 12.1 Å². The van der Waals surface area contributed by atoms with Crippen LogP contribution in [0.15, 0.2) is 29.4 Å². The number of aryl methyl sites for hydroxylation is 1. The molecular weight excluding hydrogens is 276 g/mol. The zero-order chi connectivity index (χ0) is 14.3. The first-order valence-electron chi connectivity index (χ1n) is 6.44. The molecule has 6 nitrogen and oxygen atoms in total. The molecule has 1 aromatic carbocycles. The molecule has 0 unspecified atom stereocenters. The topological polar surface area (TPSA) is 104 Å². The molecule has 20 heavy (non-hydrogen) atoms. The fourth-order valence-corrected chi connectivity index (χ4v) is 3.12. The van der Waals surface area contributed by atoms with Gasteiger partial charge in [0, 0.05) is 5.69 Å². The van der Waals surface area contributed by atoms with E-state index in [1.807, 2.05) is 4.57 Å². The molecular formula is C13H16N4O2S. The number of sulfonamides is 1. The maximum Gasteiger partial charge on any atom is 0.238 e. The van der Waals surface area contributed by atoms with Gasteiger partial charge >= 0.3 is 0 Å². The summed E-state index contributed by atoms with van der Waals surface area (Å²) in [6, 6.07) is 4.48. The van der Waals surface area contributed by atoms with Crippen LogP contribution in [-0.4, -0.2) is 18.0 Å². The summed E-state index contributed by atoms with van der Waals surface area (Å²) < 4.78 is 24.8. The van der Waals surface area contributed by atoms with Crippen LogP contribution in [0.4, 0.5) is 5.69 Å². The SMILES string of the molecule is Nc1ccc(S(N)(=O)=O)cc1-n1cnc2c1CCCC2. The van der Waals surface area contributed by atoms with Crippen molar-refractivity contribution in [1.29, 1.82) is 0 Å². The van der Waals surface area contributed by atoms with Gasteiger partial charge in [-0.2, -0.15) is 0 Å². The number of primary sulfonamides is 1. The van der Waals surface area contributed by atoms with E-state index in [2.05, 4.69) is 4.98 Å². The van der Waals surface area contributed by atoms with E-state index in [0.29, 0.717) is 11.4 Å². The van der Waals surface area contributed by atoms with Crippen LogP contribution in [0, 0.1) is 0 Å². The molecule has 1 aromatic heterocycles. The fraction of sp³-hybridized carbons (Fsp3) is 0.308. The second-order valence-electron chi connectivity index (χ2n) is 4.98. The number of imidazole rings is 1. The monoisotopic (exact) mass is 292 g/mol. The Morgan fingerprint density at radius 1 is 1.20 bits per heavy atom. The Kier molecular flexibility index (Phi) is 3.02. The fourth-order valence-electron chi connectivity index (χ4n) is 2.59. The van der Waals surface area contributed by atoms with Crippen LogP contribution in [0.3, 0.4) is 0 Å². The summed E-state index contributed by atoms with van der Waals surface area (Å²) in [4.78, 5) is 4.45. The highest BCUT2D eigenvalue weighted by molar-refractivity contribution is 7.89. The van der Waals surface area contributed by atoms with Crippen molar-refractivity contribution in [2.75, 3.05) is 5.73 Å². The summed E-state index contributed by atoms with van der Waals surface area (Å²) in [5, 5.41) is 5.17. The maximum atomic E-state index is 11.5. The molecule has 0 saturated carbocycles. The molecule has 1 aliphatic carbocycles. The summed E-state index contributed by atoms with van der Waals surface area (Å²) in [6.07, 6.45) is 5.82. The molecule has 3 rings (SSSR count). The number of hydrogen-bond donors (Lipinski definition) is 2. The van der Waals surface area contributed by atoms with E-state index in [4.69, 9.17) is 10.9 Å². The average molecular weight is 292 g/mol. The van der Waals surface area contributed by atoms with Crippen molar-refractivity contribution >= 4 is 15.7 Å². The van der Waals surface area contributed by atoms with Gasteiger partial charge in [0.2, 0.25) is 10.0 Å². The lowest BCUT2D eigenvalue weighted by molar-refractivity contribution is 0.597. The minimum absolute atomic E-state index is 0.0555. The summed E-state index contributed by atoms with van der Waals surface area (Å²) in [5.74, 6) is 0. The van der Waals surface area contributed by atoms with Crippen molar-refractivity contribution in [2.45, 2.75) is 30.6 Å². The Hall–Kier alpha value is -1.86. The van der Waals surface area contributed by atoms with Gasteiger partial charge in [-0.05, 0) is 43.9 Å². The zero-order valence-electron chi connectivity index (χ0n) is 10.9. The summed E-state index contributed by atoms with van der Waals surface area (Å²) >= 11 is 0. The van der Waals surface area contributed by atoms with Gasteiger partial charge in [0.25, 0.3) is 0 Å². The molecule has 1 aliphatic rings. The van der Waals surface area contributed by atoms with Crippen molar-refractivity contribution in [3.05, 3.63) is 35.9 Å². The van der Waals surface area contributed by atoms with Crippen LogP contribution >= 0.6 is 0 Å². The minimum Gasteiger partial charge on any atom is -0.397 e. The molecule has 0 spiro atoms. The van der Waals surface area contributed by atoms with Crippen molar-refractivity contribution in [1.82, 2.24) is 9.55 Å². The average Bonchev–Trinajstić information content (AvgIpc) is 2.82. The molecule has 0 radical (unpaired) electrons. The van der Waals surface area contributed by atoms with Gasteiger partial charge in [-0.3, -0.25) is 0 Å². The molecule has 1 heterocycles. The molecule has 0 atom stereocenters. The number of rotatable bonds is 2. The molecule has 106 valence electrons. The van der Waals surface area contributed by atoms with Crippen molar-refractivity contribution in [2.24, 2.45) is 5.14 Å². The van der Waals surface area contributed by atoms with Crippen LogP contribution in [0.25, 0.3) is 5.69 Å². The molecule has 0 saturated heterocycles. The number of fused-ring (bicyclic) bond motifs is 1. The highest BCUT2D eigenvalue weighted by atomic mass is 32.2. The van der Waals surface area contributed by atoms with E-state index in [0.717, 1.165) is 37.1 Å². The summed E-state index contributed by atoms with van der Waals surface area (Å²) in [6.45, 7) is 0. The predicted octanol–water partition coefficient (Wildman–Crippen LogP) is 0.981. The summed E-state index contributed by atoms with van der Waals surface area (Å²) in [7, 11) is -3.74. The number of nitrogens with two attached hydrogens (primary N) is 2. The van der Waals surface area contributed by atoms with Gasteiger partial charge in [-0.1, -0.05) is 0 Å². The maximum absolute atomic E-state index is 11.5. The lowest BCUT2D eigenvalue weighted by atomic mass is 10.0. The van der Waals surface area contributed by atoms with E-state index >= 15 is 0 Å². The number of nitrogens with zero attached hydrogens (tertiary/aromatic N) is 2. The van der Waals surface area contributed by atoms with Crippen molar-refractivity contribution < 1.29 is 8.42 Å². The van der Waals surface area contributed by atoms with Gasteiger partial charge in [0.15, 0.2) is 0 Å². The molecule has 7 heteroatoms. The number of nitrogen functional groups attached to an aromatic ring is 1. The second-order valence-corrected chi connectivity index (χ2v) is 6.54. The third-order valence-electron chi connectivity index (χ3n) is 3.62. The van der Waals surface area contributed by atoms with Crippen molar-refractivity contribution in [3.63, 3.8) is 0 Å². The van der Waals surface area contributed by atoms with Gasteiger partial charge < -0.3 is 10.3 Å². The third kappa shape index (κ3) is 2.19. The smallest absolute Gasteiger partial charge is 0.238 e. The number of aromatic nitrogens is 2. The highest BCUT2D eigenvalue weighted by Gasteiger charge is 2.18. The normalized spacial score (nSPS) is 15.1. The number of hydrogen-bond acceptors (Lipinski definition) is 4. The number of anilines is 1. The molecule has 0 fully saturated rings. The predicted molar refractivity (Wildman–Crippen MR) is 76.0 cm³/mol. The van der Waals surface area contributed by atoms with Crippen LogP contribution < -0.4 is 10.9 Å². The number of benzene rings is 1. The van der Waals surface area contributed by atoms with E-state index in [1.54, 1.807) is 12.4 Å². The third-order valence-corrected chi connectivity index (χ3v) is 4.53. The van der Waals surface area contributed by atoms with Gasteiger partial charge in [0.05, 0.1) is 28.3 Å². The van der Waals surface area contributed by atoms with Gasteiger partial charge in [-0.25, -0.2) is 18.5 Å². The lowest BCUT2D eigenvalue weighted by Gasteiger charge is -2.16. The zero-order valence-corrected chi connectivity index (χ0v) is 11.7. The van der Waals surface area contributed by atoms with Gasteiger partial charge in [0.1, 0.15) is 0 Å². The Bertz CT molecular complexity index is 765. The molecule has 0 aliphatic heterocycles.